The lowest BCUT2D eigenvalue weighted by Gasteiger charge is -2.11. The lowest BCUT2D eigenvalue weighted by atomic mass is 10.3. The van der Waals surface area contributed by atoms with Gasteiger partial charge in [-0.05, 0) is 37.3 Å². The summed E-state index contributed by atoms with van der Waals surface area (Å²) in [7, 11) is 1.78. The molecule has 1 atom stereocenters. The number of aryl methyl sites for hydroxylation is 1. The molecule has 0 aliphatic carbocycles. The van der Waals surface area contributed by atoms with Crippen LogP contribution in [0.4, 0.5) is 10.1 Å². The fourth-order valence-corrected chi connectivity index (χ4v) is 3.36. The summed E-state index contributed by atoms with van der Waals surface area (Å²) in [6.07, 6.45) is 1.78. The zero-order valence-electron chi connectivity index (χ0n) is 14.5. The molecule has 140 valence electrons. The predicted molar refractivity (Wildman–Crippen MR) is 103 cm³/mol. The van der Waals surface area contributed by atoms with E-state index >= 15 is 0 Å². The quantitative estimate of drug-likeness (QED) is 0.672. The second-order valence-electron chi connectivity index (χ2n) is 5.85. The Morgan fingerprint density at radius 1 is 1.30 bits per heavy atom. The Hall–Kier alpha value is -2.71. The van der Waals surface area contributed by atoms with Crippen molar-refractivity contribution in [1.29, 1.82) is 0 Å². The van der Waals surface area contributed by atoms with E-state index in [0.717, 1.165) is 6.07 Å². The molecule has 0 radical (unpaired) electrons. The van der Waals surface area contributed by atoms with Gasteiger partial charge in [-0.1, -0.05) is 11.6 Å². The van der Waals surface area contributed by atoms with Gasteiger partial charge in [-0.2, -0.15) is 0 Å². The third-order valence-corrected chi connectivity index (χ3v) is 5.09. The van der Waals surface area contributed by atoms with E-state index in [1.54, 1.807) is 42.2 Å². The number of nitrogens with one attached hydrogen (secondary N) is 2. The number of amides is 2. The largest absolute Gasteiger partial charge is 0.347 e. The van der Waals surface area contributed by atoms with Crippen LogP contribution in [0.25, 0.3) is 0 Å². The minimum absolute atomic E-state index is 0.0176. The Kier molecular flexibility index (Phi) is 5.57. The number of carbonyl (C=O) groups is 2. The minimum Gasteiger partial charge on any atom is -0.347 e. The summed E-state index contributed by atoms with van der Waals surface area (Å²) in [6.45, 7) is 1.78. The van der Waals surface area contributed by atoms with Crippen LogP contribution < -0.4 is 10.6 Å². The summed E-state index contributed by atoms with van der Waals surface area (Å²) in [5.41, 5.74) is 0.683. The van der Waals surface area contributed by atoms with Gasteiger partial charge in [-0.15, -0.1) is 11.3 Å². The second kappa shape index (κ2) is 7.89. The van der Waals surface area contributed by atoms with Crippen LogP contribution in [0.15, 0.2) is 41.9 Å². The molecule has 6 nitrogen and oxygen atoms in total. The molecular weight excluding hydrogens is 391 g/mol. The molecule has 2 heterocycles. The number of benzene rings is 1. The van der Waals surface area contributed by atoms with Crippen molar-refractivity contribution < 1.29 is 14.0 Å². The number of halogens is 2. The number of thiazole rings is 1. The minimum atomic E-state index is -0.630. The molecule has 27 heavy (non-hydrogen) atoms. The molecular formula is C18H16ClFN4O2S. The van der Waals surface area contributed by atoms with E-state index in [1.165, 1.54) is 23.5 Å². The highest BCUT2D eigenvalue weighted by atomic mass is 35.5. The monoisotopic (exact) mass is 406 g/mol. The van der Waals surface area contributed by atoms with E-state index in [9.17, 15) is 14.0 Å². The zero-order valence-corrected chi connectivity index (χ0v) is 16.1. The number of anilines is 1. The highest BCUT2D eigenvalue weighted by Gasteiger charge is 2.19. The SMILES string of the molecule is C[C@@H](NC(=O)c1cccn1C)c1nc(C(=O)Nc2ccc(Cl)cc2F)cs1. The van der Waals surface area contributed by atoms with Gasteiger partial charge >= 0.3 is 0 Å². The first-order chi connectivity index (χ1) is 12.8. The summed E-state index contributed by atoms with van der Waals surface area (Å²) in [4.78, 5) is 28.8. The molecule has 9 heteroatoms. The fraction of sp³-hybridized carbons (Fsp3) is 0.167. The van der Waals surface area contributed by atoms with Crippen molar-refractivity contribution >= 4 is 40.4 Å². The second-order valence-corrected chi connectivity index (χ2v) is 7.17. The molecule has 0 bridgehead atoms. The molecule has 0 aliphatic rings. The van der Waals surface area contributed by atoms with E-state index in [4.69, 9.17) is 11.6 Å². The summed E-state index contributed by atoms with van der Waals surface area (Å²) in [5.74, 6) is -1.41. The molecule has 1 aromatic carbocycles. The molecule has 3 aromatic rings. The smallest absolute Gasteiger partial charge is 0.275 e. The van der Waals surface area contributed by atoms with E-state index in [1.807, 2.05) is 0 Å². The van der Waals surface area contributed by atoms with Gasteiger partial charge in [-0.25, -0.2) is 9.37 Å². The molecule has 0 fully saturated rings. The Morgan fingerprint density at radius 2 is 2.07 bits per heavy atom. The fourth-order valence-electron chi connectivity index (χ4n) is 2.40. The van der Waals surface area contributed by atoms with Crippen LogP contribution in [0, 0.1) is 5.82 Å². The van der Waals surface area contributed by atoms with Crippen LogP contribution in [0.3, 0.4) is 0 Å². The molecule has 0 spiro atoms. The first-order valence-corrected chi connectivity index (χ1v) is 9.25. The molecule has 0 saturated carbocycles. The number of hydrogen-bond acceptors (Lipinski definition) is 4. The molecule has 2 amide bonds. The number of rotatable bonds is 5. The van der Waals surface area contributed by atoms with Crippen LogP contribution >= 0.6 is 22.9 Å². The summed E-state index contributed by atoms with van der Waals surface area (Å²) in [5, 5.41) is 7.66. The van der Waals surface area contributed by atoms with E-state index in [2.05, 4.69) is 15.6 Å². The van der Waals surface area contributed by atoms with Gasteiger partial charge in [-0.3, -0.25) is 9.59 Å². The molecule has 3 rings (SSSR count). The highest BCUT2D eigenvalue weighted by Crippen LogP contribution is 2.22. The Labute approximate surface area is 164 Å². The average Bonchev–Trinajstić information content (AvgIpc) is 3.26. The normalized spacial score (nSPS) is 11.9. The van der Waals surface area contributed by atoms with Crippen molar-refractivity contribution in [2.24, 2.45) is 7.05 Å². The van der Waals surface area contributed by atoms with Crippen LogP contribution in [0.2, 0.25) is 5.02 Å². The van der Waals surface area contributed by atoms with Gasteiger partial charge in [0, 0.05) is 23.6 Å². The first-order valence-electron chi connectivity index (χ1n) is 7.99. The van der Waals surface area contributed by atoms with Crippen molar-refractivity contribution in [2.75, 3.05) is 5.32 Å². The van der Waals surface area contributed by atoms with Crippen LogP contribution in [-0.2, 0) is 7.05 Å². The maximum atomic E-state index is 13.8. The number of nitrogens with zero attached hydrogens (tertiary/aromatic N) is 2. The average molecular weight is 407 g/mol. The molecule has 0 aliphatic heterocycles. The number of carbonyl (C=O) groups excluding carboxylic acids is 2. The van der Waals surface area contributed by atoms with Crippen molar-refractivity contribution in [1.82, 2.24) is 14.9 Å². The van der Waals surface area contributed by atoms with Gasteiger partial charge in [0.1, 0.15) is 22.2 Å². The third kappa shape index (κ3) is 4.35. The maximum absolute atomic E-state index is 13.8. The van der Waals surface area contributed by atoms with Crippen LogP contribution in [0.5, 0.6) is 0 Å². The summed E-state index contributed by atoms with van der Waals surface area (Å²) in [6, 6.07) is 7.08. The summed E-state index contributed by atoms with van der Waals surface area (Å²) >= 11 is 6.94. The zero-order chi connectivity index (χ0) is 19.6. The van der Waals surface area contributed by atoms with E-state index < -0.39 is 11.7 Å². The Balaban J connectivity index is 1.67. The van der Waals surface area contributed by atoms with Gasteiger partial charge < -0.3 is 15.2 Å². The molecule has 2 N–H and O–H groups in total. The summed E-state index contributed by atoms with van der Waals surface area (Å²) < 4.78 is 15.5. The Morgan fingerprint density at radius 3 is 2.74 bits per heavy atom. The van der Waals surface area contributed by atoms with Crippen molar-refractivity contribution in [3.05, 3.63) is 69.1 Å². The van der Waals surface area contributed by atoms with Gasteiger partial charge in [0.05, 0.1) is 11.7 Å². The number of aromatic nitrogens is 2. The lowest BCUT2D eigenvalue weighted by molar-refractivity contribution is 0.0931. The van der Waals surface area contributed by atoms with Gasteiger partial charge in [0.15, 0.2) is 0 Å². The lowest BCUT2D eigenvalue weighted by Crippen LogP contribution is -2.28. The van der Waals surface area contributed by atoms with Gasteiger partial charge in [0.25, 0.3) is 11.8 Å². The highest BCUT2D eigenvalue weighted by molar-refractivity contribution is 7.09. The first kappa shape index (κ1) is 19.1. The van der Waals surface area contributed by atoms with Crippen molar-refractivity contribution in [3.8, 4) is 0 Å². The Bertz CT molecular complexity index is 1000. The van der Waals surface area contributed by atoms with Crippen LogP contribution in [0.1, 0.15) is 39.0 Å². The van der Waals surface area contributed by atoms with E-state index in [0.29, 0.717) is 10.7 Å². The molecule has 2 aromatic heterocycles. The topological polar surface area (TPSA) is 76.0 Å². The van der Waals surface area contributed by atoms with E-state index in [-0.39, 0.29) is 28.4 Å². The van der Waals surface area contributed by atoms with Crippen molar-refractivity contribution in [3.63, 3.8) is 0 Å². The maximum Gasteiger partial charge on any atom is 0.275 e. The molecule has 0 unspecified atom stereocenters. The predicted octanol–water partition coefficient (Wildman–Crippen LogP) is 4.02. The molecule has 0 saturated heterocycles. The van der Waals surface area contributed by atoms with Crippen molar-refractivity contribution in [2.45, 2.75) is 13.0 Å². The number of hydrogen-bond donors (Lipinski definition) is 2. The third-order valence-electron chi connectivity index (χ3n) is 3.83. The van der Waals surface area contributed by atoms with Gasteiger partial charge in [0.2, 0.25) is 0 Å². The van der Waals surface area contributed by atoms with Crippen LogP contribution in [-0.4, -0.2) is 21.4 Å². The standard InChI is InChI=1S/C18H16ClFN4O2S/c1-10(21-17(26)15-4-3-7-24(15)2)18-23-14(9-27-18)16(25)22-13-6-5-11(19)8-12(13)20/h3-10H,1-2H3,(H,21,26)(H,22,25)/t10-/m1/s1.